The molecule has 0 aliphatic heterocycles. The van der Waals surface area contributed by atoms with Gasteiger partial charge < -0.3 is 0 Å². The zero-order valence-electron chi connectivity index (χ0n) is 9.14. The lowest BCUT2D eigenvalue weighted by Gasteiger charge is -2.29. The highest BCUT2D eigenvalue weighted by molar-refractivity contribution is 5.45. The Balaban J connectivity index is 2.55. The van der Waals surface area contributed by atoms with Crippen molar-refractivity contribution in [2.24, 2.45) is 0 Å². The molecule has 0 saturated carbocycles. The number of fused-ring (bicyclic) bond motifs is 1. The van der Waals surface area contributed by atoms with Gasteiger partial charge in [-0.25, -0.2) is 0 Å². The summed E-state index contributed by atoms with van der Waals surface area (Å²) in [7, 11) is 0. The van der Waals surface area contributed by atoms with Crippen LogP contribution in [0.2, 0.25) is 0 Å². The average molecular weight is 186 g/mol. The molecule has 1 unspecified atom stereocenters. The lowest BCUT2D eigenvalue weighted by Crippen LogP contribution is -2.22. The Hall–Kier alpha value is -1.04. The van der Waals surface area contributed by atoms with Crippen LogP contribution in [-0.4, -0.2) is 0 Å². The molecule has 0 amide bonds. The van der Waals surface area contributed by atoms with Crippen molar-refractivity contribution in [2.45, 2.75) is 38.5 Å². The summed E-state index contributed by atoms with van der Waals surface area (Å²) in [5.74, 6) is 0. The summed E-state index contributed by atoms with van der Waals surface area (Å²) in [6.45, 7) is 8.63. The standard InChI is InChI=1S/C14H18/c1-4-14(11(2)3)10-9-12-7-5-6-8-13(12)14/h5-8H,2,4,9-10H2,1,3H3. The Morgan fingerprint density at radius 3 is 2.79 bits per heavy atom. The van der Waals surface area contributed by atoms with Crippen molar-refractivity contribution >= 4 is 0 Å². The second kappa shape index (κ2) is 3.27. The molecule has 0 spiro atoms. The van der Waals surface area contributed by atoms with Gasteiger partial charge in [-0.15, -0.1) is 0 Å². The Morgan fingerprint density at radius 1 is 1.43 bits per heavy atom. The largest absolute Gasteiger partial charge is 0.0992 e. The first-order chi connectivity index (χ1) is 6.70. The Kier molecular flexibility index (Phi) is 2.22. The Bertz CT molecular complexity index is 362. The topological polar surface area (TPSA) is 0 Å². The van der Waals surface area contributed by atoms with Gasteiger partial charge >= 0.3 is 0 Å². The first kappa shape index (κ1) is 9.51. The number of rotatable bonds is 2. The van der Waals surface area contributed by atoms with Gasteiger partial charge in [-0.3, -0.25) is 0 Å². The normalized spacial score (nSPS) is 24.7. The fourth-order valence-corrected chi connectivity index (χ4v) is 2.80. The molecule has 0 bridgehead atoms. The quantitative estimate of drug-likeness (QED) is 0.615. The summed E-state index contributed by atoms with van der Waals surface area (Å²) in [5.41, 5.74) is 4.65. The molecule has 0 saturated heterocycles. The number of hydrogen-bond acceptors (Lipinski definition) is 0. The maximum atomic E-state index is 4.18. The third kappa shape index (κ3) is 1.13. The molecule has 0 fully saturated rings. The molecule has 0 radical (unpaired) electrons. The minimum Gasteiger partial charge on any atom is -0.0992 e. The highest BCUT2D eigenvalue weighted by Gasteiger charge is 2.37. The van der Waals surface area contributed by atoms with E-state index in [4.69, 9.17) is 0 Å². The van der Waals surface area contributed by atoms with Crippen LogP contribution in [0.4, 0.5) is 0 Å². The van der Waals surface area contributed by atoms with E-state index in [1.165, 1.54) is 36.0 Å². The van der Waals surface area contributed by atoms with E-state index in [1.54, 1.807) is 0 Å². The molecule has 0 nitrogen and oxygen atoms in total. The summed E-state index contributed by atoms with van der Waals surface area (Å²) in [6, 6.07) is 8.83. The number of benzene rings is 1. The van der Waals surface area contributed by atoms with Gasteiger partial charge in [0.25, 0.3) is 0 Å². The van der Waals surface area contributed by atoms with Crippen LogP contribution in [0.15, 0.2) is 36.4 Å². The fraction of sp³-hybridized carbons (Fsp3) is 0.429. The molecule has 1 aromatic carbocycles. The van der Waals surface area contributed by atoms with Crippen LogP contribution in [0.25, 0.3) is 0 Å². The molecule has 1 aliphatic carbocycles. The van der Waals surface area contributed by atoms with E-state index in [2.05, 4.69) is 44.7 Å². The van der Waals surface area contributed by atoms with Crippen molar-refractivity contribution in [2.75, 3.05) is 0 Å². The smallest absolute Gasteiger partial charge is 0.0159 e. The lowest BCUT2D eigenvalue weighted by atomic mass is 9.74. The van der Waals surface area contributed by atoms with Crippen molar-refractivity contribution in [1.82, 2.24) is 0 Å². The summed E-state index contributed by atoms with van der Waals surface area (Å²) in [6.07, 6.45) is 3.65. The van der Waals surface area contributed by atoms with Crippen molar-refractivity contribution in [3.63, 3.8) is 0 Å². The predicted octanol–water partition coefficient (Wildman–Crippen LogP) is 3.86. The zero-order valence-corrected chi connectivity index (χ0v) is 9.14. The van der Waals surface area contributed by atoms with Crippen LogP contribution < -0.4 is 0 Å². The van der Waals surface area contributed by atoms with Gasteiger partial charge in [0.05, 0.1) is 0 Å². The SMILES string of the molecule is C=C(C)C1(CC)CCc2ccccc21. The van der Waals surface area contributed by atoms with Crippen LogP contribution in [0.3, 0.4) is 0 Å². The number of allylic oxidation sites excluding steroid dienone is 1. The van der Waals surface area contributed by atoms with Gasteiger partial charge in [-0.2, -0.15) is 0 Å². The Labute approximate surface area is 86.7 Å². The molecule has 0 heterocycles. The van der Waals surface area contributed by atoms with Crippen molar-refractivity contribution in [3.05, 3.63) is 47.5 Å². The van der Waals surface area contributed by atoms with Crippen molar-refractivity contribution in [1.29, 1.82) is 0 Å². The van der Waals surface area contributed by atoms with Crippen molar-refractivity contribution < 1.29 is 0 Å². The second-order valence-electron chi connectivity index (χ2n) is 4.37. The van der Waals surface area contributed by atoms with Crippen molar-refractivity contribution in [3.8, 4) is 0 Å². The van der Waals surface area contributed by atoms with E-state index < -0.39 is 0 Å². The third-order valence-corrected chi connectivity index (χ3v) is 3.77. The van der Waals surface area contributed by atoms with Gasteiger partial charge in [-0.05, 0) is 37.3 Å². The number of aryl methyl sites for hydroxylation is 1. The van der Waals surface area contributed by atoms with Crippen LogP contribution in [0.5, 0.6) is 0 Å². The molecule has 1 aromatic rings. The first-order valence-electron chi connectivity index (χ1n) is 5.45. The van der Waals surface area contributed by atoms with E-state index >= 15 is 0 Å². The van der Waals surface area contributed by atoms with Gasteiger partial charge in [0.1, 0.15) is 0 Å². The summed E-state index contributed by atoms with van der Waals surface area (Å²) in [5, 5.41) is 0. The molecular formula is C14H18. The maximum absolute atomic E-state index is 4.18. The highest BCUT2D eigenvalue weighted by Crippen LogP contribution is 2.45. The lowest BCUT2D eigenvalue weighted by molar-refractivity contribution is 0.483. The van der Waals surface area contributed by atoms with Gasteiger partial charge in [0.2, 0.25) is 0 Å². The fourth-order valence-electron chi connectivity index (χ4n) is 2.80. The van der Waals surface area contributed by atoms with Gasteiger partial charge in [0, 0.05) is 5.41 Å². The number of hydrogen-bond donors (Lipinski definition) is 0. The van der Waals surface area contributed by atoms with Crippen LogP contribution >= 0.6 is 0 Å². The second-order valence-corrected chi connectivity index (χ2v) is 4.37. The maximum Gasteiger partial charge on any atom is 0.0159 e. The monoisotopic (exact) mass is 186 g/mol. The van der Waals surface area contributed by atoms with Crippen LogP contribution in [-0.2, 0) is 11.8 Å². The van der Waals surface area contributed by atoms with Crippen LogP contribution in [0.1, 0.15) is 37.8 Å². The molecule has 0 N–H and O–H groups in total. The average Bonchev–Trinajstić information content (AvgIpc) is 2.57. The summed E-state index contributed by atoms with van der Waals surface area (Å²) in [4.78, 5) is 0. The minimum atomic E-state index is 0.274. The van der Waals surface area contributed by atoms with E-state index in [9.17, 15) is 0 Å². The highest BCUT2D eigenvalue weighted by atomic mass is 14.4. The van der Waals surface area contributed by atoms with Crippen LogP contribution in [0, 0.1) is 0 Å². The first-order valence-corrected chi connectivity index (χ1v) is 5.45. The molecule has 0 aromatic heterocycles. The molecule has 0 heteroatoms. The molecule has 14 heavy (non-hydrogen) atoms. The summed E-state index contributed by atoms with van der Waals surface area (Å²) < 4.78 is 0. The molecular weight excluding hydrogens is 168 g/mol. The minimum absolute atomic E-state index is 0.274. The molecule has 74 valence electrons. The van der Waals surface area contributed by atoms with E-state index in [0.29, 0.717) is 0 Å². The predicted molar refractivity (Wildman–Crippen MR) is 61.5 cm³/mol. The van der Waals surface area contributed by atoms with E-state index in [0.717, 1.165) is 0 Å². The van der Waals surface area contributed by atoms with E-state index in [1.807, 2.05) is 0 Å². The van der Waals surface area contributed by atoms with E-state index in [-0.39, 0.29) is 5.41 Å². The third-order valence-electron chi connectivity index (χ3n) is 3.77. The summed E-state index contributed by atoms with van der Waals surface area (Å²) >= 11 is 0. The Morgan fingerprint density at radius 2 is 2.14 bits per heavy atom. The molecule has 2 rings (SSSR count). The molecule has 1 aliphatic rings. The zero-order chi connectivity index (χ0) is 10.2. The molecule has 1 atom stereocenters. The van der Waals surface area contributed by atoms with Gasteiger partial charge in [0.15, 0.2) is 0 Å². The van der Waals surface area contributed by atoms with Gasteiger partial charge in [-0.1, -0.05) is 43.3 Å².